The third-order valence-corrected chi connectivity index (χ3v) is 9.35. The Morgan fingerprint density at radius 1 is 0.884 bits per heavy atom. The van der Waals surface area contributed by atoms with Crippen molar-refractivity contribution in [2.45, 2.75) is 71.5 Å². The zero-order chi connectivity index (χ0) is 31.6. The first-order valence-corrected chi connectivity index (χ1v) is 17.2. The molecule has 3 rings (SSSR count). The van der Waals surface area contributed by atoms with E-state index in [1.807, 2.05) is 63.2 Å². The van der Waals surface area contributed by atoms with Crippen molar-refractivity contribution in [3.05, 3.63) is 99.5 Å². The highest BCUT2D eigenvalue weighted by atomic mass is 35.5. The predicted octanol–water partition coefficient (Wildman–Crippen LogP) is 6.66. The fourth-order valence-electron chi connectivity index (χ4n) is 4.75. The monoisotopic (exact) mass is 645 g/mol. The summed E-state index contributed by atoms with van der Waals surface area (Å²) in [5.74, 6) is -0.575. The quantitative estimate of drug-likeness (QED) is 0.200. The molecule has 10 heteroatoms. The van der Waals surface area contributed by atoms with E-state index in [9.17, 15) is 18.0 Å². The van der Waals surface area contributed by atoms with Crippen LogP contribution in [-0.4, -0.2) is 50.0 Å². The maximum absolute atomic E-state index is 14.0. The number of hydrogen-bond donors (Lipinski definition) is 1. The molecule has 3 aromatic carbocycles. The number of nitrogens with zero attached hydrogens (tertiary/aromatic N) is 2. The molecule has 0 aliphatic carbocycles. The lowest BCUT2D eigenvalue weighted by Crippen LogP contribution is -2.52. The van der Waals surface area contributed by atoms with Gasteiger partial charge in [-0.2, -0.15) is 0 Å². The van der Waals surface area contributed by atoms with Crippen LogP contribution in [0.15, 0.2) is 72.8 Å². The Morgan fingerprint density at radius 2 is 1.51 bits per heavy atom. The topological polar surface area (TPSA) is 86.8 Å². The van der Waals surface area contributed by atoms with E-state index in [1.54, 1.807) is 30.3 Å². The van der Waals surface area contributed by atoms with E-state index in [2.05, 4.69) is 5.32 Å². The predicted molar refractivity (Wildman–Crippen MR) is 176 cm³/mol. The Morgan fingerprint density at radius 3 is 2.07 bits per heavy atom. The minimum Gasteiger partial charge on any atom is -0.352 e. The molecule has 2 amide bonds. The normalized spacial score (nSPS) is 12.8. The van der Waals surface area contributed by atoms with Crippen LogP contribution in [0.1, 0.15) is 56.7 Å². The van der Waals surface area contributed by atoms with Crippen molar-refractivity contribution in [2.75, 3.05) is 17.1 Å². The summed E-state index contributed by atoms with van der Waals surface area (Å²) in [5, 5.41) is 3.83. The van der Waals surface area contributed by atoms with E-state index >= 15 is 0 Å². The number of hydrogen-bond acceptors (Lipinski definition) is 4. The zero-order valence-electron chi connectivity index (χ0n) is 25.2. The highest BCUT2D eigenvalue weighted by Crippen LogP contribution is 2.28. The fraction of sp³-hybridized carbons (Fsp3) is 0.394. The Hall–Kier alpha value is -3.07. The average molecular weight is 647 g/mol. The van der Waals surface area contributed by atoms with Crippen molar-refractivity contribution >= 4 is 50.7 Å². The lowest BCUT2D eigenvalue weighted by atomic mass is 10.0. The lowest BCUT2D eigenvalue weighted by molar-refractivity contribution is -0.141. The van der Waals surface area contributed by atoms with Crippen molar-refractivity contribution in [3.8, 4) is 0 Å². The molecule has 0 aromatic heterocycles. The van der Waals surface area contributed by atoms with Gasteiger partial charge in [0.2, 0.25) is 21.8 Å². The summed E-state index contributed by atoms with van der Waals surface area (Å²) in [6, 6.07) is 21.1. The number of benzene rings is 3. The molecule has 43 heavy (non-hydrogen) atoms. The maximum atomic E-state index is 14.0. The summed E-state index contributed by atoms with van der Waals surface area (Å²) in [6.45, 7) is 6.06. The first-order chi connectivity index (χ1) is 20.4. The van der Waals surface area contributed by atoms with Crippen LogP contribution in [0.4, 0.5) is 5.69 Å². The standard InChI is InChI=1S/C33H41Cl2N3O4S/c1-5-24(3)36-33(40)31(22-26-12-8-7-9-13-26)37(23-28-29(34)14-10-15-30(28)35)32(39)16-11-21-38(43(4,41)42)27-19-17-25(6-2)18-20-27/h7-10,12-15,17-20,24,31H,5-6,11,16,21-23H2,1-4H3,(H,36,40)/t24-,31+/m1/s1. The molecule has 0 saturated carbocycles. The minimum absolute atomic E-state index is 0.0169. The molecule has 3 aromatic rings. The summed E-state index contributed by atoms with van der Waals surface area (Å²) in [4.78, 5) is 29.2. The third-order valence-electron chi connectivity index (χ3n) is 7.45. The number of amides is 2. The number of carbonyl (C=O) groups is 2. The molecule has 0 aliphatic heterocycles. The van der Waals surface area contributed by atoms with Gasteiger partial charge in [0.25, 0.3) is 0 Å². The van der Waals surface area contributed by atoms with E-state index in [4.69, 9.17) is 23.2 Å². The van der Waals surface area contributed by atoms with Crippen molar-refractivity contribution in [1.82, 2.24) is 10.2 Å². The molecule has 0 heterocycles. The molecule has 0 bridgehead atoms. The van der Waals surface area contributed by atoms with E-state index in [1.165, 1.54) is 9.21 Å². The molecule has 0 spiro atoms. The van der Waals surface area contributed by atoms with Crippen LogP contribution < -0.4 is 9.62 Å². The van der Waals surface area contributed by atoms with Gasteiger partial charge in [0.1, 0.15) is 6.04 Å². The van der Waals surface area contributed by atoms with E-state index in [-0.39, 0.29) is 50.2 Å². The van der Waals surface area contributed by atoms with Gasteiger partial charge >= 0.3 is 0 Å². The van der Waals surface area contributed by atoms with Crippen LogP contribution in [0.5, 0.6) is 0 Å². The molecule has 0 fully saturated rings. The van der Waals surface area contributed by atoms with Crippen LogP contribution in [0.25, 0.3) is 0 Å². The number of carbonyl (C=O) groups excluding carboxylic acids is 2. The van der Waals surface area contributed by atoms with Gasteiger partial charge < -0.3 is 10.2 Å². The Balaban J connectivity index is 1.92. The number of aryl methyl sites for hydroxylation is 1. The van der Waals surface area contributed by atoms with Crippen molar-refractivity contribution in [2.24, 2.45) is 0 Å². The highest BCUT2D eigenvalue weighted by Gasteiger charge is 2.32. The van der Waals surface area contributed by atoms with Gasteiger partial charge in [0.05, 0.1) is 11.9 Å². The van der Waals surface area contributed by atoms with E-state index < -0.39 is 16.1 Å². The van der Waals surface area contributed by atoms with Gasteiger partial charge in [-0.25, -0.2) is 8.42 Å². The number of sulfonamides is 1. The Bertz CT molecular complexity index is 1450. The van der Waals surface area contributed by atoms with Gasteiger partial charge in [-0.05, 0) is 61.6 Å². The largest absolute Gasteiger partial charge is 0.352 e. The average Bonchev–Trinajstić information content (AvgIpc) is 2.98. The van der Waals surface area contributed by atoms with Crippen molar-refractivity contribution in [1.29, 1.82) is 0 Å². The fourth-order valence-corrected chi connectivity index (χ4v) is 6.23. The van der Waals surface area contributed by atoms with Gasteiger partial charge in [-0.1, -0.05) is 85.6 Å². The second kappa shape index (κ2) is 16.1. The molecular weight excluding hydrogens is 605 g/mol. The summed E-state index contributed by atoms with van der Waals surface area (Å²) in [6.07, 6.45) is 3.28. The molecule has 2 atom stereocenters. The Labute approximate surface area is 266 Å². The van der Waals surface area contributed by atoms with Crippen LogP contribution in [-0.2, 0) is 39.0 Å². The summed E-state index contributed by atoms with van der Waals surface area (Å²) < 4.78 is 26.7. The smallest absolute Gasteiger partial charge is 0.243 e. The molecule has 0 unspecified atom stereocenters. The lowest BCUT2D eigenvalue weighted by Gasteiger charge is -2.33. The summed E-state index contributed by atoms with van der Waals surface area (Å²) in [7, 11) is -3.59. The molecule has 0 saturated heterocycles. The van der Waals surface area contributed by atoms with Crippen LogP contribution in [0, 0.1) is 0 Å². The molecule has 0 radical (unpaired) electrons. The summed E-state index contributed by atoms with van der Waals surface area (Å²) in [5.41, 5.74) is 3.08. The van der Waals surface area contributed by atoms with Gasteiger partial charge in [-0.3, -0.25) is 13.9 Å². The van der Waals surface area contributed by atoms with Gasteiger partial charge in [-0.15, -0.1) is 0 Å². The first kappa shape index (κ1) is 34.4. The van der Waals surface area contributed by atoms with Crippen molar-refractivity contribution < 1.29 is 18.0 Å². The third kappa shape index (κ3) is 9.98. The number of anilines is 1. The highest BCUT2D eigenvalue weighted by molar-refractivity contribution is 7.92. The first-order valence-electron chi connectivity index (χ1n) is 14.6. The Kier molecular flexibility index (Phi) is 12.9. The summed E-state index contributed by atoms with van der Waals surface area (Å²) >= 11 is 13.0. The number of halogens is 2. The van der Waals surface area contributed by atoms with Crippen LogP contribution in [0.3, 0.4) is 0 Å². The van der Waals surface area contributed by atoms with Crippen molar-refractivity contribution in [3.63, 3.8) is 0 Å². The second-order valence-corrected chi connectivity index (χ2v) is 13.4. The van der Waals surface area contributed by atoms with E-state index in [0.29, 0.717) is 21.3 Å². The molecule has 1 N–H and O–H groups in total. The number of nitrogens with one attached hydrogen (secondary N) is 1. The maximum Gasteiger partial charge on any atom is 0.243 e. The SMILES string of the molecule is CCc1ccc(N(CCCC(=O)N(Cc2c(Cl)cccc2Cl)[C@@H](Cc2ccccc2)C(=O)N[C@H](C)CC)S(C)(=O)=O)cc1. The molecular formula is C33H41Cl2N3O4S. The molecule has 0 aliphatic rings. The van der Waals surface area contributed by atoms with Gasteiger partial charge in [0, 0.05) is 47.6 Å². The van der Waals surface area contributed by atoms with Crippen LogP contribution in [0.2, 0.25) is 10.0 Å². The minimum atomic E-state index is -3.59. The number of rotatable bonds is 15. The second-order valence-electron chi connectivity index (χ2n) is 10.7. The van der Waals surface area contributed by atoms with E-state index in [0.717, 1.165) is 30.2 Å². The van der Waals surface area contributed by atoms with Gasteiger partial charge in [0.15, 0.2) is 0 Å². The zero-order valence-corrected chi connectivity index (χ0v) is 27.6. The van der Waals surface area contributed by atoms with Crippen LogP contribution >= 0.6 is 23.2 Å². The molecule has 232 valence electrons. The molecule has 7 nitrogen and oxygen atoms in total.